The van der Waals surface area contributed by atoms with Gasteiger partial charge in [0.05, 0.1) is 24.8 Å². The molecule has 0 bridgehead atoms. The Balaban J connectivity index is 2.32. The number of nitrogens with zero attached hydrogens (tertiary/aromatic N) is 1. The fraction of sp³-hybridized carbons (Fsp3) is 0.300. The third-order valence-corrected chi connectivity index (χ3v) is 2.89. The second-order valence-corrected chi connectivity index (χ2v) is 3.94. The van der Waals surface area contributed by atoms with Gasteiger partial charge in [-0.25, -0.2) is 0 Å². The second kappa shape index (κ2) is 3.49. The Morgan fingerprint density at radius 3 is 2.69 bits per heavy atom. The summed E-state index contributed by atoms with van der Waals surface area (Å²) in [6, 6.07) is 7.81. The summed E-state index contributed by atoms with van der Waals surface area (Å²) >= 11 is 3.46. The maximum absolute atomic E-state index is 8.67. The van der Waals surface area contributed by atoms with Crippen molar-refractivity contribution in [2.75, 3.05) is 13.2 Å². The van der Waals surface area contributed by atoms with Crippen LogP contribution in [0, 0.1) is 11.3 Å². The van der Waals surface area contributed by atoms with E-state index in [0.717, 1.165) is 17.7 Å². The van der Waals surface area contributed by atoms with Crippen molar-refractivity contribution in [2.45, 2.75) is 5.92 Å². The molecule has 0 aliphatic carbocycles. The number of hydrogen-bond acceptors (Lipinski definition) is 2. The zero-order chi connectivity index (χ0) is 9.26. The third kappa shape index (κ3) is 1.60. The Bertz CT molecular complexity index is 366. The molecular weight excluding hydrogens is 230 g/mol. The van der Waals surface area contributed by atoms with Gasteiger partial charge in [-0.1, -0.05) is 22.0 Å². The fourth-order valence-electron chi connectivity index (χ4n) is 1.34. The number of nitriles is 1. The van der Waals surface area contributed by atoms with Crippen molar-refractivity contribution < 1.29 is 4.74 Å². The fourth-order valence-corrected chi connectivity index (χ4v) is 2.05. The van der Waals surface area contributed by atoms with Gasteiger partial charge in [0.15, 0.2) is 0 Å². The normalized spacial score (nSPS) is 16.3. The molecular formula is C10H8BrNO. The quantitative estimate of drug-likeness (QED) is 0.752. The summed E-state index contributed by atoms with van der Waals surface area (Å²) in [5.41, 5.74) is 1.93. The molecule has 2 nitrogen and oxygen atoms in total. The Morgan fingerprint density at radius 1 is 1.46 bits per heavy atom. The molecule has 0 spiro atoms. The lowest BCUT2D eigenvalue weighted by Crippen LogP contribution is -2.25. The van der Waals surface area contributed by atoms with E-state index in [1.165, 1.54) is 5.56 Å². The molecule has 0 aromatic heterocycles. The molecule has 1 aliphatic rings. The smallest absolute Gasteiger partial charge is 0.0992 e. The van der Waals surface area contributed by atoms with Crippen LogP contribution in [0.3, 0.4) is 0 Å². The monoisotopic (exact) mass is 237 g/mol. The Kier molecular flexibility index (Phi) is 2.34. The van der Waals surface area contributed by atoms with Gasteiger partial charge in [0.25, 0.3) is 0 Å². The number of halogens is 1. The topological polar surface area (TPSA) is 33.0 Å². The summed E-state index contributed by atoms with van der Waals surface area (Å²) in [7, 11) is 0. The van der Waals surface area contributed by atoms with E-state index in [1.807, 2.05) is 18.2 Å². The first-order valence-corrected chi connectivity index (χ1v) is 4.88. The van der Waals surface area contributed by atoms with Crippen molar-refractivity contribution in [3.8, 4) is 6.07 Å². The minimum atomic E-state index is 0.502. The molecule has 1 aromatic rings. The van der Waals surface area contributed by atoms with Gasteiger partial charge in [-0.05, 0) is 17.7 Å². The minimum Gasteiger partial charge on any atom is -0.380 e. The van der Waals surface area contributed by atoms with Crippen LogP contribution in [0.15, 0.2) is 22.7 Å². The van der Waals surface area contributed by atoms with Crippen LogP contribution in [0.5, 0.6) is 0 Å². The summed E-state index contributed by atoms with van der Waals surface area (Å²) in [5, 5.41) is 8.67. The van der Waals surface area contributed by atoms with Gasteiger partial charge in [-0.2, -0.15) is 5.26 Å². The summed E-state index contributed by atoms with van der Waals surface area (Å²) in [4.78, 5) is 0. The van der Waals surface area contributed by atoms with E-state index in [0.29, 0.717) is 11.5 Å². The van der Waals surface area contributed by atoms with Gasteiger partial charge in [-0.3, -0.25) is 0 Å². The van der Waals surface area contributed by atoms with Crippen LogP contribution in [0.2, 0.25) is 0 Å². The maximum Gasteiger partial charge on any atom is 0.0992 e. The van der Waals surface area contributed by atoms with Crippen molar-refractivity contribution in [1.29, 1.82) is 5.26 Å². The molecule has 2 rings (SSSR count). The zero-order valence-electron chi connectivity index (χ0n) is 6.96. The highest BCUT2D eigenvalue weighted by Gasteiger charge is 2.22. The van der Waals surface area contributed by atoms with Gasteiger partial charge in [0, 0.05) is 10.4 Å². The number of rotatable bonds is 1. The Labute approximate surface area is 85.3 Å². The van der Waals surface area contributed by atoms with Crippen molar-refractivity contribution in [2.24, 2.45) is 0 Å². The standard InChI is InChI=1S/C10H8BrNO/c11-10-3-7(4-12)1-2-9(10)8-5-13-6-8/h1-3,8H,5-6H2. The zero-order valence-corrected chi connectivity index (χ0v) is 8.54. The SMILES string of the molecule is N#Cc1ccc(C2COC2)c(Br)c1. The molecule has 0 N–H and O–H groups in total. The first-order chi connectivity index (χ1) is 6.31. The van der Waals surface area contributed by atoms with Gasteiger partial charge in [0.2, 0.25) is 0 Å². The van der Waals surface area contributed by atoms with Gasteiger partial charge in [0.1, 0.15) is 0 Å². The molecule has 1 saturated heterocycles. The molecule has 0 radical (unpaired) electrons. The van der Waals surface area contributed by atoms with E-state index >= 15 is 0 Å². The molecule has 0 amide bonds. The van der Waals surface area contributed by atoms with Gasteiger partial charge >= 0.3 is 0 Å². The molecule has 13 heavy (non-hydrogen) atoms. The highest BCUT2D eigenvalue weighted by atomic mass is 79.9. The highest BCUT2D eigenvalue weighted by molar-refractivity contribution is 9.10. The molecule has 3 heteroatoms. The predicted molar refractivity (Wildman–Crippen MR) is 52.4 cm³/mol. The molecule has 0 atom stereocenters. The maximum atomic E-state index is 8.67. The van der Waals surface area contributed by atoms with E-state index in [-0.39, 0.29) is 0 Å². The Morgan fingerprint density at radius 2 is 2.23 bits per heavy atom. The number of hydrogen-bond donors (Lipinski definition) is 0. The first kappa shape index (κ1) is 8.74. The number of benzene rings is 1. The van der Waals surface area contributed by atoms with Gasteiger partial charge < -0.3 is 4.74 Å². The van der Waals surface area contributed by atoms with Crippen LogP contribution in [0.4, 0.5) is 0 Å². The van der Waals surface area contributed by atoms with E-state index in [9.17, 15) is 0 Å². The molecule has 66 valence electrons. The van der Waals surface area contributed by atoms with E-state index < -0.39 is 0 Å². The lowest BCUT2D eigenvalue weighted by Gasteiger charge is -2.27. The lowest BCUT2D eigenvalue weighted by molar-refractivity contribution is 0.00814. The van der Waals surface area contributed by atoms with Crippen molar-refractivity contribution >= 4 is 15.9 Å². The van der Waals surface area contributed by atoms with E-state index in [2.05, 4.69) is 22.0 Å². The summed E-state index contributed by atoms with van der Waals surface area (Å²) in [5.74, 6) is 0.502. The minimum absolute atomic E-state index is 0.502. The molecule has 1 fully saturated rings. The average molecular weight is 238 g/mol. The van der Waals surface area contributed by atoms with Crippen LogP contribution >= 0.6 is 15.9 Å². The summed E-state index contributed by atoms with van der Waals surface area (Å²) < 4.78 is 6.13. The number of ether oxygens (including phenoxy) is 1. The van der Waals surface area contributed by atoms with E-state index in [4.69, 9.17) is 10.00 Å². The predicted octanol–water partition coefficient (Wildman–Crippen LogP) is 2.43. The van der Waals surface area contributed by atoms with Gasteiger partial charge in [-0.15, -0.1) is 0 Å². The molecule has 0 saturated carbocycles. The van der Waals surface area contributed by atoms with Crippen LogP contribution < -0.4 is 0 Å². The largest absolute Gasteiger partial charge is 0.380 e. The summed E-state index contributed by atoms with van der Waals surface area (Å²) in [6.45, 7) is 1.59. The molecule has 1 aromatic carbocycles. The van der Waals surface area contributed by atoms with Crippen LogP contribution in [0.25, 0.3) is 0 Å². The summed E-state index contributed by atoms with van der Waals surface area (Å²) in [6.07, 6.45) is 0. The van der Waals surface area contributed by atoms with Crippen molar-refractivity contribution in [3.05, 3.63) is 33.8 Å². The first-order valence-electron chi connectivity index (χ1n) is 4.08. The van der Waals surface area contributed by atoms with Crippen molar-refractivity contribution in [3.63, 3.8) is 0 Å². The third-order valence-electron chi connectivity index (χ3n) is 2.21. The molecule has 1 aliphatic heterocycles. The van der Waals surface area contributed by atoms with Crippen LogP contribution in [0.1, 0.15) is 17.0 Å². The van der Waals surface area contributed by atoms with Crippen LogP contribution in [-0.2, 0) is 4.74 Å². The average Bonchev–Trinajstić information content (AvgIpc) is 2.05. The van der Waals surface area contributed by atoms with Crippen LogP contribution in [-0.4, -0.2) is 13.2 Å². The molecule has 0 unspecified atom stereocenters. The van der Waals surface area contributed by atoms with Crippen molar-refractivity contribution in [1.82, 2.24) is 0 Å². The highest BCUT2D eigenvalue weighted by Crippen LogP contribution is 2.30. The van der Waals surface area contributed by atoms with E-state index in [1.54, 1.807) is 0 Å². The lowest BCUT2D eigenvalue weighted by atomic mass is 9.97. The molecule has 1 heterocycles. The second-order valence-electron chi connectivity index (χ2n) is 3.08. The Hall–Kier alpha value is -0.850.